The van der Waals surface area contributed by atoms with Crippen molar-refractivity contribution in [2.75, 3.05) is 19.7 Å². The average molecular weight is 232 g/mol. The highest BCUT2D eigenvalue weighted by molar-refractivity contribution is 5.72. The van der Waals surface area contributed by atoms with Crippen LogP contribution in [0.1, 0.15) is 12.8 Å². The molecule has 1 aromatic carbocycles. The van der Waals surface area contributed by atoms with Gasteiger partial charge in [-0.2, -0.15) is 4.98 Å². The maximum Gasteiger partial charge on any atom is 0.394 e. The molecule has 0 saturated carbocycles. The van der Waals surface area contributed by atoms with Crippen LogP contribution in [0.4, 0.5) is 0 Å². The quantitative estimate of drug-likeness (QED) is 0.878. The molecular formula is C13H16N2O2. The van der Waals surface area contributed by atoms with Crippen molar-refractivity contribution >= 4 is 11.1 Å². The van der Waals surface area contributed by atoms with Crippen LogP contribution in [0.3, 0.4) is 0 Å². The number of benzene rings is 1. The van der Waals surface area contributed by atoms with Gasteiger partial charge in [0.25, 0.3) is 0 Å². The lowest BCUT2D eigenvalue weighted by atomic mass is 10.1. The first-order valence-corrected chi connectivity index (χ1v) is 6.11. The number of rotatable bonds is 4. The molecule has 1 N–H and O–H groups in total. The van der Waals surface area contributed by atoms with Gasteiger partial charge in [0.1, 0.15) is 5.52 Å². The van der Waals surface area contributed by atoms with Gasteiger partial charge in [0.05, 0.1) is 6.61 Å². The first kappa shape index (κ1) is 10.6. The zero-order chi connectivity index (χ0) is 11.5. The zero-order valence-corrected chi connectivity index (χ0v) is 9.69. The fourth-order valence-electron chi connectivity index (χ4n) is 2.19. The number of hydrogen-bond acceptors (Lipinski definition) is 4. The van der Waals surface area contributed by atoms with Crippen molar-refractivity contribution in [3.8, 4) is 6.08 Å². The number of ether oxygens (including phenoxy) is 1. The Morgan fingerprint density at radius 2 is 2.35 bits per heavy atom. The highest BCUT2D eigenvalue weighted by atomic mass is 16.6. The SMILES string of the molecule is c1ccc2oc(OCCC3CCNC3)nc2c1. The summed E-state index contributed by atoms with van der Waals surface area (Å²) in [5, 5.41) is 3.35. The average Bonchev–Trinajstić information content (AvgIpc) is 2.96. The number of oxazole rings is 1. The Kier molecular flexibility index (Phi) is 2.96. The molecule has 1 aromatic heterocycles. The third kappa shape index (κ3) is 2.42. The molecule has 0 spiro atoms. The van der Waals surface area contributed by atoms with E-state index in [1.54, 1.807) is 0 Å². The summed E-state index contributed by atoms with van der Waals surface area (Å²) in [7, 11) is 0. The summed E-state index contributed by atoms with van der Waals surface area (Å²) < 4.78 is 11.0. The Balaban J connectivity index is 1.57. The molecule has 1 aliphatic rings. The smallest absolute Gasteiger partial charge is 0.394 e. The van der Waals surface area contributed by atoms with E-state index in [-0.39, 0.29) is 0 Å². The second-order valence-electron chi connectivity index (χ2n) is 4.44. The van der Waals surface area contributed by atoms with E-state index in [1.807, 2.05) is 24.3 Å². The lowest BCUT2D eigenvalue weighted by Crippen LogP contribution is -2.11. The summed E-state index contributed by atoms with van der Waals surface area (Å²) in [6.07, 6.45) is 2.69. The molecule has 0 amide bonds. The van der Waals surface area contributed by atoms with Crippen LogP contribution >= 0.6 is 0 Å². The fourth-order valence-corrected chi connectivity index (χ4v) is 2.19. The predicted octanol–water partition coefficient (Wildman–Crippen LogP) is 2.21. The molecule has 1 saturated heterocycles. The second kappa shape index (κ2) is 4.75. The van der Waals surface area contributed by atoms with Crippen molar-refractivity contribution < 1.29 is 9.15 Å². The maximum absolute atomic E-state index is 5.55. The van der Waals surface area contributed by atoms with E-state index in [2.05, 4.69) is 10.3 Å². The zero-order valence-electron chi connectivity index (χ0n) is 9.69. The Morgan fingerprint density at radius 1 is 1.41 bits per heavy atom. The minimum Gasteiger partial charge on any atom is -0.450 e. The molecule has 4 heteroatoms. The third-order valence-corrected chi connectivity index (χ3v) is 3.19. The summed E-state index contributed by atoms with van der Waals surface area (Å²) in [5.41, 5.74) is 1.63. The van der Waals surface area contributed by atoms with Crippen LogP contribution in [0.5, 0.6) is 6.08 Å². The molecule has 0 radical (unpaired) electrons. The highest BCUT2D eigenvalue weighted by Gasteiger charge is 2.14. The standard InChI is InChI=1S/C13H16N2O2/c1-2-4-12-11(3-1)15-13(17-12)16-8-6-10-5-7-14-9-10/h1-4,10,14H,5-9H2. The van der Waals surface area contributed by atoms with Crippen molar-refractivity contribution in [1.82, 2.24) is 10.3 Å². The number of aromatic nitrogens is 1. The molecule has 3 rings (SSSR count). The lowest BCUT2D eigenvalue weighted by molar-refractivity contribution is 0.218. The Morgan fingerprint density at radius 3 is 3.18 bits per heavy atom. The normalized spacial score (nSPS) is 19.9. The molecule has 4 nitrogen and oxygen atoms in total. The molecule has 0 aliphatic carbocycles. The van der Waals surface area contributed by atoms with Gasteiger partial charge in [-0.05, 0) is 44.0 Å². The van der Waals surface area contributed by atoms with E-state index in [0.717, 1.165) is 36.5 Å². The van der Waals surface area contributed by atoms with Gasteiger partial charge in [-0.25, -0.2) is 0 Å². The van der Waals surface area contributed by atoms with Crippen molar-refractivity contribution in [3.05, 3.63) is 24.3 Å². The molecule has 90 valence electrons. The maximum atomic E-state index is 5.55. The highest BCUT2D eigenvalue weighted by Crippen LogP contribution is 2.20. The molecular weight excluding hydrogens is 216 g/mol. The van der Waals surface area contributed by atoms with Crippen LogP contribution in [0, 0.1) is 5.92 Å². The van der Waals surface area contributed by atoms with Crippen molar-refractivity contribution in [2.24, 2.45) is 5.92 Å². The van der Waals surface area contributed by atoms with Crippen LogP contribution in [0.25, 0.3) is 11.1 Å². The Hall–Kier alpha value is -1.55. The van der Waals surface area contributed by atoms with E-state index < -0.39 is 0 Å². The van der Waals surface area contributed by atoms with Gasteiger partial charge in [0, 0.05) is 0 Å². The first-order valence-electron chi connectivity index (χ1n) is 6.11. The largest absolute Gasteiger partial charge is 0.450 e. The van der Waals surface area contributed by atoms with E-state index in [9.17, 15) is 0 Å². The summed E-state index contributed by atoms with van der Waals surface area (Å²) >= 11 is 0. The van der Waals surface area contributed by atoms with E-state index >= 15 is 0 Å². The van der Waals surface area contributed by atoms with Crippen LogP contribution in [0.15, 0.2) is 28.7 Å². The molecule has 2 heterocycles. The van der Waals surface area contributed by atoms with Gasteiger partial charge in [0.15, 0.2) is 5.58 Å². The number of hydrogen-bond donors (Lipinski definition) is 1. The Labute approximate surface area is 100.0 Å². The van der Waals surface area contributed by atoms with Gasteiger partial charge in [-0.15, -0.1) is 0 Å². The molecule has 1 aliphatic heterocycles. The second-order valence-corrected chi connectivity index (χ2v) is 4.44. The van der Waals surface area contributed by atoms with Gasteiger partial charge in [-0.1, -0.05) is 12.1 Å². The van der Waals surface area contributed by atoms with E-state index in [1.165, 1.54) is 6.42 Å². The summed E-state index contributed by atoms with van der Waals surface area (Å²) in [4.78, 5) is 4.27. The third-order valence-electron chi connectivity index (χ3n) is 3.19. The summed E-state index contributed by atoms with van der Waals surface area (Å²) in [5.74, 6) is 0.736. The molecule has 1 unspecified atom stereocenters. The monoisotopic (exact) mass is 232 g/mol. The van der Waals surface area contributed by atoms with E-state index in [4.69, 9.17) is 9.15 Å². The number of para-hydroxylation sites is 2. The van der Waals surface area contributed by atoms with Gasteiger partial charge in [-0.3, -0.25) is 0 Å². The summed E-state index contributed by atoms with van der Waals surface area (Å²) in [6.45, 7) is 2.92. The van der Waals surface area contributed by atoms with Crippen molar-refractivity contribution in [3.63, 3.8) is 0 Å². The van der Waals surface area contributed by atoms with Crippen LogP contribution in [-0.4, -0.2) is 24.7 Å². The van der Waals surface area contributed by atoms with Crippen molar-refractivity contribution in [2.45, 2.75) is 12.8 Å². The minimum absolute atomic E-state index is 0.386. The van der Waals surface area contributed by atoms with E-state index in [0.29, 0.717) is 12.7 Å². The van der Waals surface area contributed by atoms with Gasteiger partial charge < -0.3 is 14.5 Å². The molecule has 17 heavy (non-hydrogen) atoms. The summed E-state index contributed by atoms with van der Waals surface area (Å²) in [6, 6.07) is 7.70. The van der Waals surface area contributed by atoms with Crippen molar-refractivity contribution in [1.29, 1.82) is 0 Å². The van der Waals surface area contributed by atoms with Crippen LogP contribution in [0.2, 0.25) is 0 Å². The van der Waals surface area contributed by atoms with Gasteiger partial charge in [0.2, 0.25) is 0 Å². The number of nitrogens with zero attached hydrogens (tertiary/aromatic N) is 1. The fraction of sp³-hybridized carbons (Fsp3) is 0.462. The predicted molar refractivity (Wildman–Crippen MR) is 65.1 cm³/mol. The molecule has 1 atom stereocenters. The Bertz CT molecular complexity index is 456. The van der Waals surface area contributed by atoms with Gasteiger partial charge >= 0.3 is 6.08 Å². The molecule has 2 aromatic rings. The van der Waals surface area contributed by atoms with Crippen LogP contribution < -0.4 is 10.1 Å². The van der Waals surface area contributed by atoms with Crippen LogP contribution in [-0.2, 0) is 0 Å². The lowest BCUT2D eigenvalue weighted by Gasteiger charge is -2.06. The minimum atomic E-state index is 0.386. The first-order chi connectivity index (χ1) is 8.42. The topological polar surface area (TPSA) is 47.3 Å². The number of nitrogens with one attached hydrogen (secondary N) is 1. The number of fused-ring (bicyclic) bond motifs is 1. The molecule has 1 fully saturated rings. The molecule has 0 bridgehead atoms.